The molecule has 1 fully saturated rings. The van der Waals surface area contributed by atoms with Gasteiger partial charge < -0.3 is 0 Å². The van der Waals surface area contributed by atoms with Gasteiger partial charge in [-0.15, -0.1) is 0 Å². The van der Waals surface area contributed by atoms with Crippen molar-refractivity contribution in [3.8, 4) is 0 Å². The third kappa shape index (κ3) is 6.14. The SMILES string of the molecule is Cn1nnnc1S(=O)(=O)c1sc(NC(=O)Nc2ncccc2C(=O)C2CCCC2)nc1CNS(C)(=O)=O. The number of carbonyl (C=O) groups excluding carboxylic acids is 2. The van der Waals surface area contributed by atoms with E-state index in [0.717, 1.165) is 36.6 Å². The van der Waals surface area contributed by atoms with Crippen LogP contribution in [0, 0.1) is 5.92 Å². The number of amides is 2. The zero-order valence-corrected chi connectivity index (χ0v) is 22.2. The minimum atomic E-state index is -4.31. The molecule has 3 heterocycles. The lowest BCUT2D eigenvalue weighted by Gasteiger charge is -2.12. The maximum Gasteiger partial charge on any atom is 0.326 e. The van der Waals surface area contributed by atoms with Gasteiger partial charge in [-0.3, -0.25) is 15.4 Å². The van der Waals surface area contributed by atoms with Crippen LogP contribution < -0.4 is 15.4 Å². The second-order valence-electron chi connectivity index (χ2n) is 8.26. The van der Waals surface area contributed by atoms with E-state index >= 15 is 0 Å². The fraction of sp³-hybridized carbons (Fsp3) is 0.421. The van der Waals surface area contributed by atoms with E-state index in [1.165, 1.54) is 13.2 Å². The Balaban J connectivity index is 1.59. The normalized spacial score (nSPS) is 14.5. The molecule has 0 aliphatic heterocycles. The van der Waals surface area contributed by atoms with Crippen molar-refractivity contribution in [3.05, 3.63) is 29.6 Å². The van der Waals surface area contributed by atoms with Gasteiger partial charge in [-0.2, -0.15) is 0 Å². The van der Waals surface area contributed by atoms with Crippen molar-refractivity contribution in [1.29, 1.82) is 0 Å². The number of Topliss-reactive ketones (excluding diaryl/α,β-unsaturated/α-hetero) is 1. The molecular weight excluding hydrogens is 546 g/mol. The van der Waals surface area contributed by atoms with Crippen LogP contribution in [0.5, 0.6) is 0 Å². The standard InChI is InChI=1S/C19H23N9O6S3/c1-28-19(25-26-27-28)37(33,34)16-13(10-21-36(2,31)32)22-18(35-16)24-17(30)23-15-12(8-5-9-20-15)14(29)11-6-3-4-7-11/h5,8-9,11,21H,3-4,6-7,10H2,1-2H3,(H2,20,22,23,24,30). The number of nitrogens with one attached hydrogen (secondary N) is 3. The van der Waals surface area contributed by atoms with Crippen LogP contribution in [0.1, 0.15) is 41.7 Å². The van der Waals surface area contributed by atoms with E-state index < -0.39 is 37.6 Å². The van der Waals surface area contributed by atoms with E-state index in [2.05, 4.69) is 40.8 Å². The van der Waals surface area contributed by atoms with E-state index in [-0.39, 0.29) is 38.1 Å². The second-order valence-corrected chi connectivity index (χ2v) is 13.1. The van der Waals surface area contributed by atoms with Crippen LogP contribution in [0.2, 0.25) is 0 Å². The molecule has 1 aliphatic rings. The van der Waals surface area contributed by atoms with Crippen molar-refractivity contribution in [2.24, 2.45) is 13.0 Å². The highest BCUT2D eigenvalue weighted by atomic mass is 32.2. The highest BCUT2D eigenvalue weighted by Gasteiger charge is 2.32. The lowest BCUT2D eigenvalue weighted by atomic mass is 9.97. The Morgan fingerprint density at radius 3 is 2.54 bits per heavy atom. The number of sulfonamides is 1. The molecule has 3 aromatic rings. The van der Waals surface area contributed by atoms with Crippen molar-refractivity contribution in [2.75, 3.05) is 16.9 Å². The summed E-state index contributed by atoms with van der Waals surface area (Å²) in [4.78, 5) is 33.8. The van der Waals surface area contributed by atoms with Gasteiger partial charge in [-0.05, 0) is 35.4 Å². The third-order valence-corrected chi connectivity index (χ3v) is 9.42. The number of tetrazole rings is 1. The molecule has 198 valence electrons. The lowest BCUT2D eigenvalue weighted by Crippen LogP contribution is -2.23. The molecule has 3 aromatic heterocycles. The predicted molar refractivity (Wildman–Crippen MR) is 131 cm³/mol. The van der Waals surface area contributed by atoms with E-state index in [4.69, 9.17) is 0 Å². The van der Waals surface area contributed by atoms with Gasteiger partial charge in [0.05, 0.1) is 24.1 Å². The molecule has 1 aliphatic carbocycles. The zero-order chi connectivity index (χ0) is 26.8. The van der Waals surface area contributed by atoms with Crippen molar-refractivity contribution in [2.45, 2.75) is 41.6 Å². The van der Waals surface area contributed by atoms with Crippen molar-refractivity contribution in [3.63, 3.8) is 0 Å². The third-order valence-electron chi connectivity index (χ3n) is 5.48. The highest BCUT2D eigenvalue weighted by Crippen LogP contribution is 2.32. The molecule has 0 aromatic carbocycles. The summed E-state index contributed by atoms with van der Waals surface area (Å²) in [5, 5.41) is 14.6. The molecule has 0 saturated heterocycles. The molecule has 4 rings (SSSR count). The van der Waals surface area contributed by atoms with Gasteiger partial charge in [-0.25, -0.2) is 41.0 Å². The first-order valence-electron chi connectivity index (χ1n) is 10.9. The Morgan fingerprint density at radius 2 is 1.89 bits per heavy atom. The maximum absolute atomic E-state index is 13.2. The largest absolute Gasteiger partial charge is 0.326 e. The molecule has 1 saturated carbocycles. The van der Waals surface area contributed by atoms with E-state index in [0.29, 0.717) is 11.3 Å². The number of aromatic nitrogens is 6. The fourth-order valence-corrected chi connectivity index (χ4v) is 6.92. The van der Waals surface area contributed by atoms with Crippen molar-refractivity contribution in [1.82, 2.24) is 34.9 Å². The molecule has 0 radical (unpaired) electrons. The summed E-state index contributed by atoms with van der Waals surface area (Å²) in [6, 6.07) is 2.37. The summed E-state index contributed by atoms with van der Waals surface area (Å²) in [6.45, 7) is -0.460. The van der Waals surface area contributed by atoms with Gasteiger partial charge in [0.25, 0.3) is 15.0 Å². The molecular formula is C19H23N9O6S3. The zero-order valence-electron chi connectivity index (χ0n) is 19.7. The maximum atomic E-state index is 13.2. The topological polar surface area (TPSA) is 208 Å². The van der Waals surface area contributed by atoms with Crippen LogP contribution in [0.4, 0.5) is 15.7 Å². The monoisotopic (exact) mass is 569 g/mol. The first-order chi connectivity index (χ1) is 17.5. The van der Waals surface area contributed by atoms with Crippen molar-refractivity contribution >= 4 is 54.0 Å². The second kappa shape index (κ2) is 10.6. The van der Waals surface area contributed by atoms with Crippen LogP contribution in [-0.4, -0.2) is 65.1 Å². The summed E-state index contributed by atoms with van der Waals surface area (Å²) in [6.07, 6.45) is 5.83. The van der Waals surface area contributed by atoms with Gasteiger partial charge in [0.15, 0.2) is 15.1 Å². The minimum Gasteiger partial charge on any atom is -0.294 e. The number of ketones is 1. The molecule has 2 amide bonds. The molecule has 37 heavy (non-hydrogen) atoms. The Kier molecular flexibility index (Phi) is 7.62. The number of hydrogen-bond acceptors (Lipinski definition) is 12. The van der Waals surface area contributed by atoms with Crippen LogP contribution in [-0.2, 0) is 33.5 Å². The van der Waals surface area contributed by atoms with Crippen LogP contribution in [0.25, 0.3) is 0 Å². The Labute approximate surface area is 216 Å². The number of nitrogens with zero attached hydrogens (tertiary/aromatic N) is 6. The van der Waals surface area contributed by atoms with E-state index in [9.17, 15) is 26.4 Å². The Hall–Kier alpha value is -3.35. The van der Waals surface area contributed by atoms with Gasteiger partial charge in [0.1, 0.15) is 5.82 Å². The smallest absolute Gasteiger partial charge is 0.294 e. The minimum absolute atomic E-state index is 0.0606. The highest BCUT2D eigenvalue weighted by molar-refractivity contribution is 7.93. The summed E-state index contributed by atoms with van der Waals surface area (Å²) in [5.41, 5.74) is 0.114. The Morgan fingerprint density at radius 1 is 1.16 bits per heavy atom. The molecule has 3 N–H and O–H groups in total. The molecule has 15 nitrogen and oxygen atoms in total. The number of sulfone groups is 1. The summed E-state index contributed by atoms with van der Waals surface area (Å²) in [7, 11) is -6.67. The first kappa shape index (κ1) is 26.7. The molecule has 0 unspecified atom stereocenters. The average Bonchev–Trinajstić information content (AvgIpc) is 3.58. The number of aryl methyl sites for hydroxylation is 1. The lowest BCUT2D eigenvalue weighted by molar-refractivity contribution is 0.0923. The number of rotatable bonds is 9. The first-order valence-corrected chi connectivity index (χ1v) is 15.1. The van der Waals surface area contributed by atoms with Crippen LogP contribution in [0.15, 0.2) is 27.7 Å². The number of thiazole rings is 1. The quantitative estimate of drug-likeness (QED) is 0.309. The number of anilines is 2. The van der Waals surface area contributed by atoms with Gasteiger partial charge in [-0.1, -0.05) is 29.3 Å². The number of urea groups is 1. The van der Waals surface area contributed by atoms with E-state index in [1.54, 1.807) is 12.1 Å². The molecule has 0 atom stereocenters. The van der Waals surface area contributed by atoms with Crippen molar-refractivity contribution < 1.29 is 26.4 Å². The summed E-state index contributed by atoms with van der Waals surface area (Å²) >= 11 is 0.592. The number of pyridine rings is 1. The average molecular weight is 570 g/mol. The predicted octanol–water partition coefficient (Wildman–Crippen LogP) is 0.960. The number of hydrogen-bond donors (Lipinski definition) is 3. The van der Waals surface area contributed by atoms with Gasteiger partial charge in [0, 0.05) is 19.2 Å². The summed E-state index contributed by atoms with van der Waals surface area (Å²) < 4.78 is 52.2. The molecule has 0 spiro atoms. The van der Waals surface area contributed by atoms with Crippen LogP contribution in [0.3, 0.4) is 0 Å². The number of carbonyl (C=O) groups is 2. The Bertz CT molecular complexity index is 1540. The van der Waals surface area contributed by atoms with Gasteiger partial charge in [0.2, 0.25) is 10.0 Å². The summed E-state index contributed by atoms with van der Waals surface area (Å²) in [5.74, 6) is -0.167. The fourth-order valence-electron chi connectivity index (χ4n) is 3.79. The molecule has 0 bridgehead atoms. The van der Waals surface area contributed by atoms with Gasteiger partial charge >= 0.3 is 6.03 Å². The van der Waals surface area contributed by atoms with E-state index in [1.807, 2.05) is 0 Å². The molecule has 18 heteroatoms. The van der Waals surface area contributed by atoms with Crippen LogP contribution >= 0.6 is 11.3 Å².